The Morgan fingerprint density at radius 3 is 2.53 bits per heavy atom. The van der Waals surface area contributed by atoms with Crippen molar-refractivity contribution in [2.45, 2.75) is 57.0 Å². The number of carbonyl (C=O) groups excluding carboxylic acids is 1. The van der Waals surface area contributed by atoms with Crippen molar-refractivity contribution in [2.24, 2.45) is 0 Å². The number of anilines is 2. The molecule has 226 valence electrons. The molecule has 10 heteroatoms. The molecule has 2 aromatic heterocycles. The molecule has 5 rings (SSSR count). The Morgan fingerprint density at radius 1 is 1.07 bits per heavy atom. The van der Waals surface area contributed by atoms with Crippen LogP contribution in [0.5, 0.6) is 0 Å². The van der Waals surface area contributed by atoms with Gasteiger partial charge in [-0.25, -0.2) is 9.37 Å². The van der Waals surface area contributed by atoms with Crippen LogP contribution < -0.4 is 15.5 Å². The lowest BCUT2D eigenvalue weighted by Gasteiger charge is -2.29. The van der Waals surface area contributed by atoms with E-state index in [1.165, 1.54) is 6.07 Å². The van der Waals surface area contributed by atoms with Gasteiger partial charge < -0.3 is 20.1 Å². The largest absolute Gasteiger partial charge is 0.363 e. The fourth-order valence-corrected chi connectivity index (χ4v) is 6.77. The summed E-state index contributed by atoms with van der Waals surface area (Å²) in [7, 11) is 3.92. The lowest BCUT2D eigenvalue weighted by atomic mass is 9.91. The van der Waals surface area contributed by atoms with Crippen molar-refractivity contribution in [3.63, 3.8) is 0 Å². The summed E-state index contributed by atoms with van der Waals surface area (Å²) in [5, 5.41) is 7.21. The van der Waals surface area contributed by atoms with Crippen molar-refractivity contribution in [3.05, 3.63) is 94.5 Å². The molecule has 2 heterocycles. The predicted octanol–water partition coefficient (Wildman–Crippen LogP) is 7.20. The zero-order valence-electron chi connectivity index (χ0n) is 24.8. The van der Waals surface area contributed by atoms with Gasteiger partial charge in [-0.15, -0.1) is 0 Å². The second-order valence-electron chi connectivity index (χ2n) is 11.1. The minimum atomic E-state index is -0.280. The molecular weight excluding hydrogens is 583 g/mol. The predicted molar refractivity (Wildman–Crippen MR) is 176 cm³/mol. The Bertz CT molecular complexity index is 1520. The molecule has 0 saturated heterocycles. The van der Waals surface area contributed by atoms with Crippen LogP contribution >= 0.6 is 23.4 Å². The third-order valence-electron chi connectivity index (χ3n) is 7.94. The number of aromatic nitrogens is 3. The molecule has 4 aromatic rings. The Hall–Kier alpha value is -3.56. The van der Waals surface area contributed by atoms with Gasteiger partial charge in [0.25, 0.3) is 5.91 Å². The zero-order valence-corrected chi connectivity index (χ0v) is 26.4. The number of benzene rings is 2. The second kappa shape index (κ2) is 14.3. The maximum absolute atomic E-state index is 14.2. The van der Waals surface area contributed by atoms with Gasteiger partial charge >= 0.3 is 0 Å². The fraction of sp³-hybridized carbons (Fsp3) is 0.364. The first-order chi connectivity index (χ1) is 20.8. The van der Waals surface area contributed by atoms with Gasteiger partial charge in [0.1, 0.15) is 11.6 Å². The summed E-state index contributed by atoms with van der Waals surface area (Å²) in [5.41, 5.74) is 4.20. The lowest BCUT2D eigenvalue weighted by Crippen LogP contribution is -2.40. The van der Waals surface area contributed by atoms with Gasteiger partial charge in [0.2, 0.25) is 5.95 Å². The van der Waals surface area contributed by atoms with E-state index in [-0.39, 0.29) is 23.8 Å². The first-order valence-corrected chi connectivity index (χ1v) is 16.2. The van der Waals surface area contributed by atoms with Crippen molar-refractivity contribution in [2.75, 3.05) is 30.1 Å². The summed E-state index contributed by atoms with van der Waals surface area (Å²) >= 11 is 7.85. The number of amides is 1. The molecular formula is C33H38ClFN6OS. The Balaban J connectivity index is 1.22. The van der Waals surface area contributed by atoms with Crippen molar-refractivity contribution in [1.82, 2.24) is 19.9 Å². The molecule has 0 radical (unpaired) electrons. The van der Waals surface area contributed by atoms with Gasteiger partial charge in [-0.1, -0.05) is 48.0 Å². The van der Waals surface area contributed by atoms with Crippen LogP contribution in [0, 0.1) is 12.7 Å². The Labute approximate surface area is 262 Å². The van der Waals surface area contributed by atoms with E-state index in [0.29, 0.717) is 34.4 Å². The van der Waals surface area contributed by atoms with Crippen LogP contribution in [-0.4, -0.2) is 52.4 Å². The summed E-state index contributed by atoms with van der Waals surface area (Å²) in [4.78, 5) is 24.5. The monoisotopic (exact) mass is 620 g/mol. The highest BCUT2D eigenvalue weighted by molar-refractivity contribution is 7.98. The van der Waals surface area contributed by atoms with Crippen LogP contribution in [0.15, 0.2) is 66.9 Å². The molecule has 7 nitrogen and oxygen atoms in total. The molecule has 0 bridgehead atoms. The SMILES string of the molecule is Cc1c(C(=O)NC2CCC(Nc3nccc(N(C)C)n3)CC2)cc(-c2ccccc2)n1CCSCc1c(F)cccc1Cl. The van der Waals surface area contributed by atoms with Gasteiger partial charge in [0.05, 0.1) is 5.56 Å². The van der Waals surface area contributed by atoms with Crippen LogP contribution in [0.4, 0.5) is 16.2 Å². The topological polar surface area (TPSA) is 75.1 Å². The number of hydrogen-bond acceptors (Lipinski definition) is 6. The normalized spacial score (nSPS) is 16.6. The molecule has 0 atom stereocenters. The van der Waals surface area contributed by atoms with Crippen molar-refractivity contribution >= 4 is 41.0 Å². The molecule has 2 aromatic carbocycles. The summed E-state index contributed by atoms with van der Waals surface area (Å²) in [6.07, 6.45) is 5.40. The molecule has 43 heavy (non-hydrogen) atoms. The number of hydrogen-bond donors (Lipinski definition) is 2. The van der Waals surface area contributed by atoms with Crippen LogP contribution in [0.1, 0.15) is 47.3 Å². The van der Waals surface area contributed by atoms with Crippen molar-refractivity contribution in [1.29, 1.82) is 0 Å². The quantitative estimate of drug-likeness (QED) is 0.173. The highest BCUT2D eigenvalue weighted by Crippen LogP contribution is 2.29. The third kappa shape index (κ3) is 7.70. The number of nitrogens with one attached hydrogen (secondary N) is 2. The number of halogens is 2. The summed E-state index contributed by atoms with van der Waals surface area (Å²) < 4.78 is 16.4. The molecule has 1 aliphatic rings. The number of nitrogens with zero attached hydrogens (tertiary/aromatic N) is 4. The van der Waals surface area contributed by atoms with Gasteiger partial charge in [-0.2, -0.15) is 16.7 Å². The van der Waals surface area contributed by atoms with Crippen LogP contribution in [0.25, 0.3) is 11.3 Å². The lowest BCUT2D eigenvalue weighted by molar-refractivity contribution is 0.0926. The zero-order chi connectivity index (χ0) is 30.3. The second-order valence-corrected chi connectivity index (χ2v) is 12.6. The molecule has 0 aliphatic heterocycles. The average molecular weight is 621 g/mol. The van der Waals surface area contributed by atoms with E-state index in [2.05, 4.69) is 37.3 Å². The first kappa shape index (κ1) is 30.9. The first-order valence-electron chi connectivity index (χ1n) is 14.6. The van der Waals surface area contributed by atoms with Crippen LogP contribution in [-0.2, 0) is 12.3 Å². The highest BCUT2D eigenvalue weighted by atomic mass is 35.5. The summed E-state index contributed by atoms with van der Waals surface area (Å²) in [6.45, 7) is 2.69. The average Bonchev–Trinajstić information content (AvgIpc) is 3.34. The minimum Gasteiger partial charge on any atom is -0.363 e. The highest BCUT2D eigenvalue weighted by Gasteiger charge is 2.25. The minimum absolute atomic E-state index is 0.0438. The summed E-state index contributed by atoms with van der Waals surface area (Å²) in [6, 6.07) is 19.2. The van der Waals surface area contributed by atoms with Gasteiger partial charge in [-0.05, 0) is 62.4 Å². The van der Waals surface area contributed by atoms with Gasteiger partial charge in [0, 0.05) is 72.4 Å². The molecule has 0 unspecified atom stereocenters. The van der Waals surface area contributed by atoms with Crippen molar-refractivity contribution in [3.8, 4) is 11.3 Å². The maximum Gasteiger partial charge on any atom is 0.253 e. The Morgan fingerprint density at radius 2 is 1.81 bits per heavy atom. The number of rotatable bonds is 11. The molecule has 1 amide bonds. The maximum atomic E-state index is 14.2. The van der Waals surface area contributed by atoms with E-state index in [1.54, 1.807) is 30.1 Å². The standard InChI is InChI=1S/C33H38ClFN6OS/c1-22-26(32(42)37-24-12-14-25(15-13-24)38-33-36-17-16-31(39-33)40(2)3)20-30(23-8-5-4-6-9-23)41(22)18-19-43-21-27-28(34)10-7-11-29(27)35/h4-11,16-17,20,24-25H,12-15,18-19,21H2,1-3H3,(H,37,42)(H,36,38,39). The molecule has 1 fully saturated rings. The number of carbonyl (C=O) groups is 1. The van der Waals surface area contributed by atoms with Gasteiger partial charge in [-0.3, -0.25) is 4.79 Å². The molecule has 2 N–H and O–H groups in total. The van der Waals surface area contributed by atoms with E-state index >= 15 is 0 Å². The summed E-state index contributed by atoms with van der Waals surface area (Å²) in [5.74, 6) is 2.42. The third-order valence-corrected chi connectivity index (χ3v) is 9.26. The van der Waals surface area contributed by atoms with Crippen LogP contribution in [0.2, 0.25) is 5.02 Å². The molecule has 1 saturated carbocycles. The van der Waals surface area contributed by atoms with E-state index in [1.807, 2.05) is 56.3 Å². The number of thioether (sulfide) groups is 1. The fourth-order valence-electron chi connectivity index (χ4n) is 5.51. The van der Waals surface area contributed by atoms with E-state index in [4.69, 9.17) is 11.6 Å². The molecule has 1 aliphatic carbocycles. The van der Waals surface area contributed by atoms with E-state index < -0.39 is 0 Å². The smallest absolute Gasteiger partial charge is 0.253 e. The van der Waals surface area contributed by atoms with E-state index in [9.17, 15) is 9.18 Å². The molecule has 0 spiro atoms. The van der Waals surface area contributed by atoms with Crippen LogP contribution in [0.3, 0.4) is 0 Å². The van der Waals surface area contributed by atoms with Gasteiger partial charge in [0.15, 0.2) is 0 Å². The Kier molecular flexibility index (Phi) is 10.3. The van der Waals surface area contributed by atoms with Crippen molar-refractivity contribution < 1.29 is 9.18 Å². The van der Waals surface area contributed by atoms with E-state index in [0.717, 1.165) is 54.2 Å².